The highest BCUT2D eigenvalue weighted by Crippen LogP contribution is 2.32. The Bertz CT molecular complexity index is 1210. The standard InChI is InChI=1S/C25H28F3N5O2/c1-15(18-5-4-6-19(24(18)26)25(27)28)31-21-7-8-29-22-12-30-23(11-20(21)22)33-10-9-32(16(2)34)13-17(33)14-35-3/h4-8,11-12,15,17,25H,9-10,13-14H2,1-3H3,(H,29,31)/t15-,17+/m1/s1. The lowest BCUT2D eigenvalue weighted by Gasteiger charge is -2.41. The molecule has 1 saturated heterocycles. The van der Waals surface area contributed by atoms with Gasteiger partial charge in [0.1, 0.15) is 11.6 Å². The van der Waals surface area contributed by atoms with Crippen LogP contribution in [0.3, 0.4) is 0 Å². The number of alkyl halides is 2. The van der Waals surface area contributed by atoms with Crippen molar-refractivity contribution in [3.63, 3.8) is 0 Å². The molecule has 1 amide bonds. The molecule has 0 aliphatic carbocycles. The number of nitrogens with zero attached hydrogens (tertiary/aromatic N) is 4. The predicted molar refractivity (Wildman–Crippen MR) is 128 cm³/mol. The van der Waals surface area contributed by atoms with Crippen molar-refractivity contribution in [3.05, 3.63) is 59.7 Å². The van der Waals surface area contributed by atoms with Crippen molar-refractivity contribution in [3.8, 4) is 0 Å². The van der Waals surface area contributed by atoms with Crippen LogP contribution in [0.5, 0.6) is 0 Å². The Morgan fingerprint density at radius 3 is 2.71 bits per heavy atom. The Morgan fingerprint density at radius 1 is 1.23 bits per heavy atom. The number of halogens is 3. The maximum absolute atomic E-state index is 14.7. The molecule has 2 atom stereocenters. The molecule has 0 radical (unpaired) electrons. The van der Waals surface area contributed by atoms with E-state index in [1.807, 2.05) is 6.07 Å². The van der Waals surface area contributed by atoms with Gasteiger partial charge in [-0.3, -0.25) is 9.78 Å². The highest BCUT2D eigenvalue weighted by Gasteiger charge is 2.29. The van der Waals surface area contributed by atoms with Crippen LogP contribution in [-0.2, 0) is 9.53 Å². The Kier molecular flexibility index (Phi) is 7.39. The van der Waals surface area contributed by atoms with E-state index in [2.05, 4.69) is 20.2 Å². The van der Waals surface area contributed by atoms with E-state index in [-0.39, 0.29) is 17.5 Å². The molecule has 3 heterocycles. The molecular weight excluding hydrogens is 459 g/mol. The maximum Gasteiger partial charge on any atom is 0.266 e. The fourth-order valence-corrected chi connectivity index (χ4v) is 4.48. The van der Waals surface area contributed by atoms with E-state index >= 15 is 0 Å². The van der Waals surface area contributed by atoms with Gasteiger partial charge in [0.2, 0.25) is 5.91 Å². The van der Waals surface area contributed by atoms with Crippen molar-refractivity contribution < 1.29 is 22.7 Å². The van der Waals surface area contributed by atoms with E-state index in [4.69, 9.17) is 4.74 Å². The van der Waals surface area contributed by atoms with Gasteiger partial charge in [-0.2, -0.15) is 0 Å². The Labute approximate surface area is 201 Å². The van der Waals surface area contributed by atoms with Gasteiger partial charge in [0, 0.05) is 56.5 Å². The van der Waals surface area contributed by atoms with E-state index in [0.717, 1.165) is 11.5 Å². The molecular formula is C25H28F3N5O2. The molecule has 7 nitrogen and oxygen atoms in total. The number of methoxy groups -OCH3 is 1. The van der Waals surface area contributed by atoms with Gasteiger partial charge in [-0.25, -0.2) is 18.2 Å². The van der Waals surface area contributed by atoms with Crippen molar-refractivity contribution in [2.24, 2.45) is 0 Å². The van der Waals surface area contributed by atoms with E-state index in [0.29, 0.717) is 43.3 Å². The van der Waals surface area contributed by atoms with Crippen LogP contribution in [0.25, 0.3) is 10.9 Å². The second-order valence-electron chi connectivity index (χ2n) is 8.60. The SMILES string of the molecule is COC[C@@H]1CN(C(C)=O)CCN1c1cc2c(N[C@H](C)c3cccc(C(F)F)c3F)ccnc2cn1. The summed E-state index contributed by atoms with van der Waals surface area (Å²) in [6, 6.07) is 7.04. The van der Waals surface area contributed by atoms with Crippen molar-refractivity contribution in [2.75, 3.05) is 43.6 Å². The van der Waals surface area contributed by atoms with Crippen LogP contribution in [-0.4, -0.2) is 60.2 Å². The number of fused-ring (bicyclic) bond motifs is 1. The average molecular weight is 488 g/mol. The first-order valence-electron chi connectivity index (χ1n) is 11.4. The molecule has 0 spiro atoms. The van der Waals surface area contributed by atoms with Crippen LogP contribution >= 0.6 is 0 Å². The highest BCUT2D eigenvalue weighted by molar-refractivity contribution is 5.92. The minimum atomic E-state index is -2.89. The molecule has 0 bridgehead atoms. The minimum absolute atomic E-state index is 0.0186. The van der Waals surface area contributed by atoms with Gasteiger partial charge in [0.15, 0.2) is 0 Å². The smallest absolute Gasteiger partial charge is 0.266 e. The molecule has 35 heavy (non-hydrogen) atoms. The average Bonchev–Trinajstić information content (AvgIpc) is 2.84. The quantitative estimate of drug-likeness (QED) is 0.527. The van der Waals surface area contributed by atoms with Gasteiger partial charge < -0.3 is 19.9 Å². The third kappa shape index (κ3) is 5.17. The summed E-state index contributed by atoms with van der Waals surface area (Å²) in [5.74, 6) is -0.184. The number of aromatic nitrogens is 2. The van der Waals surface area contributed by atoms with Crippen molar-refractivity contribution in [2.45, 2.75) is 32.4 Å². The summed E-state index contributed by atoms with van der Waals surface area (Å²) in [4.78, 5) is 24.7. The van der Waals surface area contributed by atoms with E-state index in [1.54, 1.807) is 44.3 Å². The van der Waals surface area contributed by atoms with Crippen LogP contribution in [0.15, 0.2) is 42.7 Å². The van der Waals surface area contributed by atoms with Crippen LogP contribution in [0.1, 0.15) is 37.4 Å². The predicted octanol–water partition coefficient (Wildman–Crippen LogP) is 4.56. The first-order valence-corrected chi connectivity index (χ1v) is 11.4. The Hall–Kier alpha value is -3.40. The van der Waals surface area contributed by atoms with E-state index in [9.17, 15) is 18.0 Å². The molecule has 4 rings (SSSR count). The molecule has 1 aromatic carbocycles. The zero-order valence-electron chi connectivity index (χ0n) is 19.8. The Balaban J connectivity index is 1.65. The molecule has 0 saturated carbocycles. The topological polar surface area (TPSA) is 70.6 Å². The Morgan fingerprint density at radius 2 is 2.00 bits per heavy atom. The number of amides is 1. The fraction of sp³-hybridized carbons (Fsp3) is 0.400. The number of carbonyl (C=O) groups excluding carboxylic acids is 1. The van der Waals surface area contributed by atoms with Crippen LogP contribution in [0, 0.1) is 5.82 Å². The maximum atomic E-state index is 14.7. The molecule has 1 fully saturated rings. The van der Waals surface area contributed by atoms with Crippen LogP contribution < -0.4 is 10.2 Å². The lowest BCUT2D eigenvalue weighted by Crippen LogP contribution is -2.56. The fourth-order valence-electron chi connectivity index (χ4n) is 4.48. The summed E-state index contributed by atoms with van der Waals surface area (Å²) in [6.45, 7) is 5.40. The van der Waals surface area contributed by atoms with Crippen LogP contribution in [0.2, 0.25) is 0 Å². The van der Waals surface area contributed by atoms with Gasteiger partial charge in [-0.15, -0.1) is 0 Å². The highest BCUT2D eigenvalue weighted by atomic mass is 19.3. The number of hydrogen-bond donors (Lipinski definition) is 1. The number of ether oxygens (including phenoxy) is 1. The van der Waals surface area contributed by atoms with Gasteiger partial charge in [-0.05, 0) is 19.1 Å². The summed E-state index contributed by atoms with van der Waals surface area (Å²) in [6.07, 6.45) is 0.394. The largest absolute Gasteiger partial charge is 0.382 e. The van der Waals surface area contributed by atoms with Crippen LogP contribution in [0.4, 0.5) is 24.7 Å². The third-order valence-corrected chi connectivity index (χ3v) is 6.33. The number of nitrogens with one attached hydrogen (secondary N) is 1. The number of pyridine rings is 2. The molecule has 186 valence electrons. The number of hydrogen-bond acceptors (Lipinski definition) is 6. The molecule has 3 aromatic rings. The lowest BCUT2D eigenvalue weighted by molar-refractivity contribution is -0.129. The second-order valence-corrected chi connectivity index (χ2v) is 8.60. The van der Waals surface area contributed by atoms with E-state index < -0.39 is 23.8 Å². The molecule has 10 heteroatoms. The normalized spacial score (nSPS) is 17.2. The minimum Gasteiger partial charge on any atom is -0.382 e. The van der Waals surface area contributed by atoms with Gasteiger partial charge in [0.25, 0.3) is 6.43 Å². The van der Waals surface area contributed by atoms with Crippen molar-refractivity contribution in [1.82, 2.24) is 14.9 Å². The number of carbonyl (C=O) groups is 1. The number of anilines is 2. The lowest BCUT2D eigenvalue weighted by atomic mass is 10.0. The number of benzene rings is 1. The summed E-state index contributed by atoms with van der Waals surface area (Å²) >= 11 is 0. The first-order chi connectivity index (χ1) is 16.8. The summed E-state index contributed by atoms with van der Waals surface area (Å²) < 4.78 is 46.4. The summed E-state index contributed by atoms with van der Waals surface area (Å²) in [5.41, 5.74) is 0.857. The second kappa shape index (κ2) is 10.5. The van der Waals surface area contributed by atoms with Gasteiger partial charge in [-0.1, -0.05) is 18.2 Å². The van der Waals surface area contributed by atoms with Crippen molar-refractivity contribution in [1.29, 1.82) is 0 Å². The summed E-state index contributed by atoms with van der Waals surface area (Å²) in [7, 11) is 1.62. The van der Waals surface area contributed by atoms with Crippen molar-refractivity contribution >= 4 is 28.3 Å². The molecule has 1 aliphatic heterocycles. The van der Waals surface area contributed by atoms with Gasteiger partial charge in [0.05, 0.1) is 36.0 Å². The molecule has 1 N–H and O–H groups in total. The van der Waals surface area contributed by atoms with Gasteiger partial charge >= 0.3 is 0 Å². The first kappa shape index (κ1) is 24.7. The third-order valence-electron chi connectivity index (χ3n) is 6.33. The zero-order chi connectivity index (χ0) is 25.1. The summed E-state index contributed by atoms with van der Waals surface area (Å²) in [5, 5.41) is 4.01. The number of rotatable bonds is 7. The molecule has 0 unspecified atom stereocenters. The molecule has 1 aliphatic rings. The molecule has 2 aromatic heterocycles. The monoisotopic (exact) mass is 487 g/mol. The number of piperazine rings is 1. The zero-order valence-corrected chi connectivity index (χ0v) is 19.8. The van der Waals surface area contributed by atoms with E-state index in [1.165, 1.54) is 12.1 Å².